The summed E-state index contributed by atoms with van der Waals surface area (Å²) in [6.45, 7) is 7.91. The molecule has 4 aliphatic rings. The topological polar surface area (TPSA) is 67.8 Å². The fraction of sp³-hybridized carbons (Fsp3) is 0.750. The number of aromatic nitrogens is 2. The summed E-state index contributed by atoms with van der Waals surface area (Å²) in [7, 11) is 0. The summed E-state index contributed by atoms with van der Waals surface area (Å²) in [6, 6.07) is 0. The highest BCUT2D eigenvalue weighted by atomic mass is 16.5. The van der Waals surface area contributed by atoms with Crippen molar-refractivity contribution in [2.24, 2.45) is 5.92 Å². The lowest BCUT2D eigenvalue weighted by atomic mass is 9.80. The molecule has 0 radical (unpaired) electrons. The van der Waals surface area contributed by atoms with Crippen LogP contribution in [0.1, 0.15) is 42.6 Å². The quantitative estimate of drug-likeness (QED) is 0.782. The van der Waals surface area contributed by atoms with E-state index in [4.69, 9.17) is 19.4 Å². The highest BCUT2D eigenvalue weighted by Gasteiger charge is 2.48. The maximum absolute atomic E-state index is 12.8. The third-order valence-electron chi connectivity index (χ3n) is 6.74. The number of hydrogen-bond acceptors (Lipinski definition) is 6. The van der Waals surface area contributed by atoms with Gasteiger partial charge in [0.2, 0.25) is 11.9 Å². The van der Waals surface area contributed by atoms with Crippen LogP contribution in [0.5, 0.6) is 0 Å². The summed E-state index contributed by atoms with van der Waals surface area (Å²) in [4.78, 5) is 26.9. The molecule has 3 aliphatic heterocycles. The van der Waals surface area contributed by atoms with Gasteiger partial charge in [0.05, 0.1) is 37.5 Å². The average molecular weight is 372 g/mol. The van der Waals surface area contributed by atoms with Crippen molar-refractivity contribution in [3.05, 3.63) is 17.0 Å². The van der Waals surface area contributed by atoms with E-state index in [1.807, 2.05) is 0 Å². The lowest BCUT2D eigenvalue weighted by Crippen LogP contribution is -2.44. The number of hydrogen-bond donors (Lipinski definition) is 0. The van der Waals surface area contributed by atoms with Crippen LogP contribution in [0.3, 0.4) is 0 Å². The fourth-order valence-electron chi connectivity index (χ4n) is 4.80. The van der Waals surface area contributed by atoms with E-state index in [9.17, 15) is 4.79 Å². The summed E-state index contributed by atoms with van der Waals surface area (Å²) < 4.78 is 11.5. The van der Waals surface area contributed by atoms with E-state index in [0.717, 1.165) is 81.6 Å². The van der Waals surface area contributed by atoms with Crippen LogP contribution in [0.15, 0.2) is 0 Å². The van der Waals surface area contributed by atoms with Gasteiger partial charge in [-0.1, -0.05) is 6.42 Å². The largest absolute Gasteiger partial charge is 0.378 e. The third-order valence-corrected chi connectivity index (χ3v) is 6.74. The normalized spacial score (nSPS) is 28.3. The van der Waals surface area contributed by atoms with Gasteiger partial charge >= 0.3 is 0 Å². The van der Waals surface area contributed by atoms with Crippen molar-refractivity contribution in [1.82, 2.24) is 14.9 Å². The molecular weight excluding hydrogens is 344 g/mol. The maximum atomic E-state index is 12.8. The number of nitrogens with zero attached hydrogens (tertiary/aromatic N) is 4. The highest BCUT2D eigenvalue weighted by Crippen LogP contribution is 2.42. The van der Waals surface area contributed by atoms with Gasteiger partial charge in [-0.25, -0.2) is 9.97 Å². The molecule has 0 bridgehead atoms. The fourth-order valence-corrected chi connectivity index (χ4v) is 4.80. The van der Waals surface area contributed by atoms with E-state index in [1.165, 1.54) is 6.42 Å². The Morgan fingerprint density at radius 2 is 1.96 bits per heavy atom. The maximum Gasteiger partial charge on any atom is 0.225 e. The molecule has 5 rings (SSSR count). The number of likely N-dealkylation sites (tertiary alicyclic amines) is 1. The summed E-state index contributed by atoms with van der Waals surface area (Å²) in [5.41, 5.74) is 3.06. The Kier molecular flexibility index (Phi) is 4.31. The first-order valence-corrected chi connectivity index (χ1v) is 10.2. The molecule has 0 aromatic carbocycles. The van der Waals surface area contributed by atoms with E-state index in [-0.39, 0.29) is 11.3 Å². The van der Waals surface area contributed by atoms with Crippen molar-refractivity contribution in [3.63, 3.8) is 0 Å². The molecule has 0 unspecified atom stereocenters. The second-order valence-corrected chi connectivity index (χ2v) is 8.45. The van der Waals surface area contributed by atoms with Gasteiger partial charge in [0, 0.05) is 43.4 Å². The molecular formula is C20H28N4O3. The molecule has 1 aromatic rings. The molecule has 4 heterocycles. The average Bonchev–Trinajstić information content (AvgIpc) is 3.07. The van der Waals surface area contributed by atoms with Crippen molar-refractivity contribution in [2.45, 2.75) is 44.6 Å². The summed E-state index contributed by atoms with van der Waals surface area (Å²) in [5, 5.41) is 0. The Balaban J connectivity index is 1.46. The van der Waals surface area contributed by atoms with E-state index >= 15 is 0 Å². The number of rotatable bonds is 2. The van der Waals surface area contributed by atoms with Gasteiger partial charge in [0.1, 0.15) is 0 Å². The smallest absolute Gasteiger partial charge is 0.225 e. The second-order valence-electron chi connectivity index (χ2n) is 8.45. The van der Waals surface area contributed by atoms with Crippen LogP contribution < -0.4 is 4.90 Å². The Labute approximate surface area is 160 Å². The third kappa shape index (κ3) is 2.91. The number of carbonyl (C=O) groups excluding carboxylic acids is 1. The first-order chi connectivity index (χ1) is 13.2. The van der Waals surface area contributed by atoms with E-state index in [1.54, 1.807) is 0 Å². The first-order valence-electron chi connectivity index (χ1n) is 10.2. The lowest BCUT2D eigenvalue weighted by molar-refractivity contribution is -0.137. The number of fused-ring (bicyclic) bond motifs is 2. The van der Waals surface area contributed by atoms with E-state index < -0.39 is 0 Å². The van der Waals surface area contributed by atoms with E-state index in [2.05, 4.69) is 16.7 Å². The molecule has 27 heavy (non-hydrogen) atoms. The molecule has 1 saturated carbocycles. The van der Waals surface area contributed by atoms with Gasteiger partial charge < -0.3 is 19.3 Å². The molecule has 146 valence electrons. The number of carbonyl (C=O) groups is 1. The lowest BCUT2D eigenvalue weighted by Gasteiger charge is -2.37. The minimum Gasteiger partial charge on any atom is -0.378 e. The number of ether oxygens (including phenoxy) is 2. The van der Waals surface area contributed by atoms with Gasteiger partial charge in [-0.15, -0.1) is 0 Å². The van der Waals surface area contributed by atoms with Crippen LogP contribution >= 0.6 is 0 Å². The molecule has 7 nitrogen and oxygen atoms in total. The first kappa shape index (κ1) is 17.4. The Hall–Kier alpha value is -1.73. The number of aryl methyl sites for hydroxylation is 1. The molecule has 1 atom stereocenters. The van der Waals surface area contributed by atoms with Crippen LogP contribution in [-0.4, -0.2) is 66.8 Å². The monoisotopic (exact) mass is 372 g/mol. The minimum absolute atomic E-state index is 0.179. The van der Waals surface area contributed by atoms with Crippen molar-refractivity contribution < 1.29 is 14.3 Å². The Bertz CT molecular complexity index is 745. The molecule has 1 amide bonds. The van der Waals surface area contributed by atoms with Crippen LogP contribution in [0.2, 0.25) is 0 Å². The zero-order valence-corrected chi connectivity index (χ0v) is 16.1. The standard InChI is InChI=1S/C20H28N4O3/c1-14-16-11-27-13-20(5-6-24(12-20)18(25)15-3-2-4-15)17(16)22-19(21-14)23-7-9-26-10-8-23/h15H,2-13H2,1H3/t20-/m1/s1. The van der Waals surface area contributed by atoms with Gasteiger partial charge in [0.25, 0.3) is 0 Å². The molecule has 1 aliphatic carbocycles. The van der Waals surface area contributed by atoms with Crippen LogP contribution in [0.4, 0.5) is 5.95 Å². The van der Waals surface area contributed by atoms with E-state index in [0.29, 0.717) is 19.1 Å². The van der Waals surface area contributed by atoms with Gasteiger partial charge in [0.15, 0.2) is 0 Å². The summed E-state index contributed by atoms with van der Waals surface area (Å²) >= 11 is 0. The zero-order valence-electron chi connectivity index (χ0n) is 16.1. The summed E-state index contributed by atoms with van der Waals surface area (Å²) in [5.74, 6) is 1.39. The van der Waals surface area contributed by atoms with Crippen molar-refractivity contribution in [3.8, 4) is 0 Å². The van der Waals surface area contributed by atoms with Gasteiger partial charge in [-0.2, -0.15) is 0 Å². The van der Waals surface area contributed by atoms with Crippen LogP contribution in [0.25, 0.3) is 0 Å². The highest BCUT2D eigenvalue weighted by molar-refractivity contribution is 5.80. The number of amides is 1. The van der Waals surface area contributed by atoms with Gasteiger partial charge in [-0.05, 0) is 26.2 Å². The zero-order chi connectivity index (χ0) is 18.4. The predicted molar refractivity (Wildman–Crippen MR) is 99.7 cm³/mol. The number of morpholine rings is 1. The minimum atomic E-state index is -0.179. The van der Waals surface area contributed by atoms with Gasteiger partial charge in [-0.3, -0.25) is 4.79 Å². The van der Waals surface area contributed by atoms with Crippen LogP contribution in [-0.2, 0) is 26.3 Å². The SMILES string of the molecule is Cc1nc(N2CCOCC2)nc2c1COC[C@]21CCN(C(=O)C2CCC2)C1. The van der Waals surface area contributed by atoms with Crippen molar-refractivity contribution in [2.75, 3.05) is 50.9 Å². The van der Waals surface area contributed by atoms with Crippen molar-refractivity contribution in [1.29, 1.82) is 0 Å². The Morgan fingerprint density at radius 1 is 1.15 bits per heavy atom. The molecule has 0 N–H and O–H groups in total. The molecule has 3 fully saturated rings. The number of anilines is 1. The second kappa shape index (κ2) is 6.71. The van der Waals surface area contributed by atoms with Crippen molar-refractivity contribution >= 4 is 11.9 Å². The van der Waals surface area contributed by atoms with Crippen LogP contribution in [0, 0.1) is 12.8 Å². The summed E-state index contributed by atoms with van der Waals surface area (Å²) in [6.07, 6.45) is 4.23. The predicted octanol–water partition coefficient (Wildman–Crippen LogP) is 1.42. The molecule has 1 spiro atoms. The molecule has 7 heteroatoms. The Morgan fingerprint density at radius 3 is 2.70 bits per heavy atom. The molecule has 1 aromatic heterocycles. The molecule has 2 saturated heterocycles.